The summed E-state index contributed by atoms with van der Waals surface area (Å²) in [4.78, 5) is 6.46. The molecule has 1 aromatic heterocycles. The molecule has 0 aliphatic heterocycles. The lowest BCUT2D eigenvalue weighted by atomic mass is 10.2. The van der Waals surface area contributed by atoms with E-state index >= 15 is 0 Å². The van der Waals surface area contributed by atoms with Crippen LogP contribution in [0.25, 0.3) is 11.0 Å². The molecule has 0 atom stereocenters. The van der Waals surface area contributed by atoms with E-state index in [2.05, 4.69) is 9.88 Å². The van der Waals surface area contributed by atoms with Crippen LogP contribution >= 0.6 is 0 Å². The summed E-state index contributed by atoms with van der Waals surface area (Å²) < 4.78 is 12.6. The van der Waals surface area contributed by atoms with Gasteiger partial charge in [0.15, 0.2) is 11.5 Å². The number of methoxy groups -OCH3 is 2. The number of likely N-dealkylation sites (N-methyl/N-ethyl adjacent to an activating group) is 1. The Hall–Kier alpha value is -1.95. The van der Waals surface area contributed by atoms with Crippen molar-refractivity contribution < 1.29 is 9.47 Å². The second kappa shape index (κ2) is 5.36. The topological polar surface area (TPSA) is 65.5 Å². The van der Waals surface area contributed by atoms with Crippen molar-refractivity contribution in [3.05, 3.63) is 12.1 Å². The highest BCUT2D eigenvalue weighted by Crippen LogP contribution is 2.32. The molecule has 0 radical (unpaired) electrons. The molecule has 0 aliphatic rings. The third-order valence-corrected chi connectivity index (χ3v) is 3.05. The first-order valence-electron chi connectivity index (χ1n) is 6.09. The van der Waals surface area contributed by atoms with E-state index in [9.17, 15) is 0 Å². The smallest absolute Gasteiger partial charge is 0.201 e. The van der Waals surface area contributed by atoms with Gasteiger partial charge in [0.1, 0.15) is 0 Å². The zero-order valence-electron chi connectivity index (χ0n) is 11.8. The maximum absolute atomic E-state index is 5.97. The number of ether oxygens (including phenoxy) is 2. The molecular weight excluding hydrogens is 244 g/mol. The summed E-state index contributed by atoms with van der Waals surface area (Å²) in [5, 5.41) is 0. The van der Waals surface area contributed by atoms with Crippen LogP contribution in [0.1, 0.15) is 0 Å². The van der Waals surface area contributed by atoms with Crippen LogP contribution in [-0.2, 0) is 6.54 Å². The fourth-order valence-corrected chi connectivity index (χ4v) is 2.01. The highest BCUT2D eigenvalue weighted by molar-refractivity contribution is 5.82. The standard InChI is InChI=1S/C13H20N4O2/c1-16(2)5-6-17-10-8-12(19-4)11(18-3)7-9(10)15-13(17)14/h7-8H,5-6H2,1-4H3,(H2,14,15). The normalized spacial score (nSPS) is 11.2. The first-order valence-corrected chi connectivity index (χ1v) is 6.09. The lowest BCUT2D eigenvalue weighted by molar-refractivity contribution is 0.355. The first kappa shape index (κ1) is 13.5. The van der Waals surface area contributed by atoms with Gasteiger partial charge in [0.05, 0.1) is 25.3 Å². The zero-order chi connectivity index (χ0) is 14.0. The van der Waals surface area contributed by atoms with Crippen LogP contribution in [0.5, 0.6) is 11.5 Å². The molecule has 6 nitrogen and oxygen atoms in total. The summed E-state index contributed by atoms with van der Waals surface area (Å²) in [5.41, 5.74) is 7.74. The molecule has 0 amide bonds. The third-order valence-electron chi connectivity index (χ3n) is 3.05. The van der Waals surface area contributed by atoms with Gasteiger partial charge in [0, 0.05) is 25.2 Å². The van der Waals surface area contributed by atoms with Crippen molar-refractivity contribution in [2.45, 2.75) is 6.54 Å². The molecule has 104 valence electrons. The van der Waals surface area contributed by atoms with Crippen LogP contribution in [-0.4, -0.2) is 49.3 Å². The molecule has 0 spiro atoms. The minimum atomic E-state index is 0.507. The number of nitrogens with two attached hydrogens (primary N) is 1. The molecule has 0 saturated carbocycles. The summed E-state index contributed by atoms with van der Waals surface area (Å²) in [6, 6.07) is 3.75. The number of anilines is 1. The predicted octanol–water partition coefficient (Wildman–Crippen LogP) is 1.20. The molecule has 2 aromatic rings. The van der Waals surface area contributed by atoms with Gasteiger partial charge >= 0.3 is 0 Å². The molecule has 0 aliphatic carbocycles. The maximum atomic E-state index is 5.97. The van der Waals surface area contributed by atoms with E-state index in [0.717, 1.165) is 24.1 Å². The van der Waals surface area contributed by atoms with Crippen molar-refractivity contribution >= 4 is 17.0 Å². The van der Waals surface area contributed by atoms with Crippen molar-refractivity contribution in [1.29, 1.82) is 0 Å². The molecular formula is C13H20N4O2. The second-order valence-electron chi connectivity index (χ2n) is 4.62. The van der Waals surface area contributed by atoms with Gasteiger partial charge in [-0.3, -0.25) is 0 Å². The van der Waals surface area contributed by atoms with E-state index in [0.29, 0.717) is 17.4 Å². The number of benzene rings is 1. The number of nitrogen functional groups attached to an aromatic ring is 1. The van der Waals surface area contributed by atoms with Crippen LogP contribution < -0.4 is 15.2 Å². The van der Waals surface area contributed by atoms with Gasteiger partial charge in [0.2, 0.25) is 5.95 Å². The highest BCUT2D eigenvalue weighted by Gasteiger charge is 2.13. The van der Waals surface area contributed by atoms with Gasteiger partial charge in [-0.05, 0) is 14.1 Å². The lowest BCUT2D eigenvalue weighted by Crippen LogP contribution is -2.19. The van der Waals surface area contributed by atoms with E-state index in [1.807, 2.05) is 30.8 Å². The van der Waals surface area contributed by atoms with E-state index in [-0.39, 0.29) is 0 Å². The quantitative estimate of drug-likeness (QED) is 0.879. The fourth-order valence-electron chi connectivity index (χ4n) is 2.01. The fraction of sp³-hybridized carbons (Fsp3) is 0.462. The van der Waals surface area contributed by atoms with Gasteiger partial charge in [-0.2, -0.15) is 0 Å². The Bertz CT molecular complexity index is 578. The number of nitrogens with zero attached hydrogens (tertiary/aromatic N) is 3. The minimum absolute atomic E-state index is 0.507. The van der Waals surface area contributed by atoms with E-state index in [1.54, 1.807) is 14.2 Å². The number of fused-ring (bicyclic) bond motifs is 1. The molecule has 0 unspecified atom stereocenters. The monoisotopic (exact) mass is 264 g/mol. The van der Waals surface area contributed by atoms with Crippen molar-refractivity contribution in [1.82, 2.24) is 14.5 Å². The molecule has 2 rings (SSSR count). The van der Waals surface area contributed by atoms with Crippen LogP contribution in [0.3, 0.4) is 0 Å². The van der Waals surface area contributed by atoms with Gasteiger partial charge in [-0.25, -0.2) is 4.98 Å². The third kappa shape index (κ3) is 2.58. The molecule has 1 aromatic carbocycles. The molecule has 1 heterocycles. The predicted molar refractivity (Wildman–Crippen MR) is 75.8 cm³/mol. The molecule has 2 N–H and O–H groups in total. The molecule has 0 fully saturated rings. The van der Waals surface area contributed by atoms with E-state index < -0.39 is 0 Å². The Morgan fingerprint density at radius 3 is 2.42 bits per heavy atom. The Kier molecular flexibility index (Phi) is 3.80. The number of imidazole rings is 1. The van der Waals surface area contributed by atoms with Crippen LogP contribution in [0, 0.1) is 0 Å². The number of hydrogen-bond acceptors (Lipinski definition) is 5. The summed E-state index contributed by atoms with van der Waals surface area (Å²) >= 11 is 0. The highest BCUT2D eigenvalue weighted by atomic mass is 16.5. The Balaban J connectivity index is 2.49. The molecule has 0 bridgehead atoms. The molecule has 0 saturated heterocycles. The first-order chi connectivity index (χ1) is 9.06. The van der Waals surface area contributed by atoms with Crippen LogP contribution in [0.4, 0.5) is 5.95 Å². The zero-order valence-corrected chi connectivity index (χ0v) is 11.8. The van der Waals surface area contributed by atoms with E-state index in [1.165, 1.54) is 0 Å². The Labute approximate surface area is 112 Å². The van der Waals surface area contributed by atoms with Crippen LogP contribution in [0.2, 0.25) is 0 Å². The average Bonchev–Trinajstić information content (AvgIpc) is 2.69. The number of aromatic nitrogens is 2. The van der Waals surface area contributed by atoms with Crippen molar-refractivity contribution in [2.75, 3.05) is 40.6 Å². The SMILES string of the molecule is COc1cc2nc(N)n(CCN(C)C)c2cc1OC. The second-order valence-corrected chi connectivity index (χ2v) is 4.62. The van der Waals surface area contributed by atoms with Crippen molar-refractivity contribution in [2.24, 2.45) is 0 Å². The van der Waals surface area contributed by atoms with Crippen LogP contribution in [0.15, 0.2) is 12.1 Å². The van der Waals surface area contributed by atoms with Gasteiger partial charge in [0.25, 0.3) is 0 Å². The summed E-state index contributed by atoms with van der Waals surface area (Å²) in [6.45, 7) is 1.68. The summed E-state index contributed by atoms with van der Waals surface area (Å²) in [6.07, 6.45) is 0. The minimum Gasteiger partial charge on any atom is -0.493 e. The van der Waals surface area contributed by atoms with Gasteiger partial charge in [-0.15, -0.1) is 0 Å². The Morgan fingerprint density at radius 1 is 1.21 bits per heavy atom. The van der Waals surface area contributed by atoms with Gasteiger partial charge in [-0.1, -0.05) is 0 Å². The van der Waals surface area contributed by atoms with E-state index in [4.69, 9.17) is 15.2 Å². The summed E-state index contributed by atoms with van der Waals surface area (Å²) in [5.74, 6) is 1.85. The van der Waals surface area contributed by atoms with Crippen molar-refractivity contribution in [3.8, 4) is 11.5 Å². The molecule has 6 heteroatoms. The molecule has 19 heavy (non-hydrogen) atoms. The number of rotatable bonds is 5. The maximum Gasteiger partial charge on any atom is 0.201 e. The average molecular weight is 264 g/mol. The van der Waals surface area contributed by atoms with Gasteiger partial charge < -0.3 is 24.7 Å². The lowest BCUT2D eigenvalue weighted by Gasteiger charge is -2.12. The Morgan fingerprint density at radius 2 is 1.84 bits per heavy atom. The summed E-state index contributed by atoms with van der Waals surface area (Å²) in [7, 11) is 7.28. The number of hydrogen-bond donors (Lipinski definition) is 1. The van der Waals surface area contributed by atoms with Crippen molar-refractivity contribution in [3.63, 3.8) is 0 Å². The largest absolute Gasteiger partial charge is 0.493 e.